The topological polar surface area (TPSA) is 83.5 Å². The van der Waals surface area contributed by atoms with Crippen molar-refractivity contribution in [2.75, 3.05) is 45.7 Å². The van der Waals surface area contributed by atoms with Gasteiger partial charge >= 0.3 is 6.18 Å². The number of nitrogens with zero attached hydrogens (tertiary/aromatic N) is 3. The summed E-state index contributed by atoms with van der Waals surface area (Å²) in [7, 11) is 3.21. The largest absolute Gasteiger partial charge is 0.433 e. The van der Waals surface area contributed by atoms with Crippen molar-refractivity contribution >= 4 is 11.9 Å². The van der Waals surface area contributed by atoms with Crippen LogP contribution in [0.4, 0.5) is 19.1 Å². The van der Waals surface area contributed by atoms with Crippen molar-refractivity contribution in [2.24, 2.45) is 4.99 Å². The number of ether oxygens (including phenoxy) is 1. The molecule has 0 saturated heterocycles. The molecule has 3 N–H and O–H groups in total. The van der Waals surface area contributed by atoms with Gasteiger partial charge in [-0.05, 0) is 6.07 Å². The Kier molecular flexibility index (Phi) is 7.37. The van der Waals surface area contributed by atoms with E-state index in [0.29, 0.717) is 32.2 Å². The summed E-state index contributed by atoms with van der Waals surface area (Å²) in [5, 5.41) is 8.70. The molecule has 0 unspecified atom stereocenters. The Balaban J connectivity index is 2.35. The number of methoxy groups -OCH3 is 1. The summed E-state index contributed by atoms with van der Waals surface area (Å²) in [6, 6.07) is 0.824. The molecule has 0 aromatic carbocycles. The van der Waals surface area contributed by atoms with Gasteiger partial charge in [0.05, 0.1) is 6.61 Å². The van der Waals surface area contributed by atoms with Crippen LogP contribution in [0, 0.1) is 0 Å². The third kappa shape index (κ3) is 6.57. The smallest absolute Gasteiger partial charge is 0.383 e. The van der Waals surface area contributed by atoms with Crippen LogP contribution >= 0.6 is 0 Å². The highest BCUT2D eigenvalue weighted by atomic mass is 19.4. The quantitative estimate of drug-likeness (QED) is 0.390. The van der Waals surface area contributed by atoms with E-state index in [2.05, 4.69) is 30.9 Å². The van der Waals surface area contributed by atoms with Crippen LogP contribution < -0.4 is 16.0 Å². The van der Waals surface area contributed by atoms with E-state index in [4.69, 9.17) is 4.74 Å². The predicted octanol–water partition coefficient (Wildman–Crippen LogP) is 0.719. The standard InChI is InChI=1S/C12H19F3N6O/c1-16-10(20-7-8-22-2)18-5-6-19-11-17-4-3-9(21-11)12(13,14)15/h3-4H,5-8H2,1-2H3,(H2,16,18,20)(H,17,19,21). The number of alkyl halides is 3. The van der Waals surface area contributed by atoms with Gasteiger partial charge in [-0.3, -0.25) is 4.99 Å². The summed E-state index contributed by atoms with van der Waals surface area (Å²) in [6.45, 7) is 1.91. The zero-order valence-electron chi connectivity index (χ0n) is 12.4. The Morgan fingerprint density at radius 3 is 2.64 bits per heavy atom. The average Bonchev–Trinajstić information content (AvgIpc) is 2.49. The van der Waals surface area contributed by atoms with Crippen molar-refractivity contribution in [1.82, 2.24) is 20.6 Å². The highest BCUT2D eigenvalue weighted by Gasteiger charge is 2.32. The third-order valence-electron chi connectivity index (χ3n) is 2.47. The molecule has 1 heterocycles. The van der Waals surface area contributed by atoms with Crippen molar-refractivity contribution < 1.29 is 17.9 Å². The highest BCUT2D eigenvalue weighted by molar-refractivity contribution is 5.79. The lowest BCUT2D eigenvalue weighted by Gasteiger charge is -2.12. The van der Waals surface area contributed by atoms with E-state index in [1.807, 2.05) is 0 Å². The lowest BCUT2D eigenvalue weighted by molar-refractivity contribution is -0.141. The molecule has 7 nitrogen and oxygen atoms in total. The number of halogens is 3. The monoisotopic (exact) mass is 320 g/mol. The molecule has 124 valence electrons. The molecule has 0 aliphatic heterocycles. The van der Waals surface area contributed by atoms with E-state index in [0.717, 1.165) is 12.3 Å². The van der Waals surface area contributed by atoms with Gasteiger partial charge in [0.1, 0.15) is 5.69 Å². The van der Waals surface area contributed by atoms with E-state index in [9.17, 15) is 13.2 Å². The number of anilines is 1. The van der Waals surface area contributed by atoms with Crippen LogP contribution in [0.15, 0.2) is 17.3 Å². The van der Waals surface area contributed by atoms with Crippen LogP contribution in [-0.2, 0) is 10.9 Å². The molecule has 0 bridgehead atoms. The van der Waals surface area contributed by atoms with Crippen LogP contribution in [0.25, 0.3) is 0 Å². The number of hydrogen-bond donors (Lipinski definition) is 3. The maximum atomic E-state index is 12.5. The van der Waals surface area contributed by atoms with Crippen LogP contribution in [0.5, 0.6) is 0 Å². The number of hydrogen-bond acceptors (Lipinski definition) is 5. The molecule has 0 atom stereocenters. The van der Waals surface area contributed by atoms with Gasteiger partial charge in [-0.1, -0.05) is 0 Å². The van der Waals surface area contributed by atoms with Gasteiger partial charge < -0.3 is 20.7 Å². The van der Waals surface area contributed by atoms with Gasteiger partial charge in [0.25, 0.3) is 0 Å². The zero-order chi connectivity index (χ0) is 16.4. The molecule has 1 aromatic rings. The van der Waals surface area contributed by atoms with Crippen molar-refractivity contribution in [3.63, 3.8) is 0 Å². The molecule has 0 amide bonds. The second-order valence-electron chi connectivity index (χ2n) is 4.11. The number of nitrogens with one attached hydrogen (secondary N) is 3. The molecule has 10 heteroatoms. The van der Waals surface area contributed by atoms with Crippen LogP contribution in [-0.4, -0.2) is 56.3 Å². The summed E-state index contributed by atoms with van der Waals surface area (Å²) >= 11 is 0. The van der Waals surface area contributed by atoms with Crippen molar-refractivity contribution in [1.29, 1.82) is 0 Å². The van der Waals surface area contributed by atoms with E-state index in [-0.39, 0.29) is 5.95 Å². The zero-order valence-corrected chi connectivity index (χ0v) is 12.4. The normalized spacial score (nSPS) is 12.1. The Morgan fingerprint density at radius 1 is 1.27 bits per heavy atom. The van der Waals surface area contributed by atoms with Crippen molar-refractivity contribution in [3.8, 4) is 0 Å². The first kappa shape index (κ1) is 18.0. The molecule has 0 aliphatic carbocycles. The molecular weight excluding hydrogens is 301 g/mol. The first-order valence-corrected chi connectivity index (χ1v) is 6.55. The first-order valence-electron chi connectivity index (χ1n) is 6.55. The second-order valence-corrected chi connectivity index (χ2v) is 4.11. The number of guanidine groups is 1. The van der Waals surface area contributed by atoms with Gasteiger partial charge in [0, 0.05) is 40.0 Å². The Morgan fingerprint density at radius 2 is 2.00 bits per heavy atom. The predicted molar refractivity (Wildman–Crippen MR) is 76.8 cm³/mol. The Bertz CT molecular complexity index is 480. The molecular formula is C12H19F3N6O. The molecule has 22 heavy (non-hydrogen) atoms. The van der Waals surface area contributed by atoms with Crippen LogP contribution in [0.2, 0.25) is 0 Å². The Labute approximate surface area is 126 Å². The number of aromatic nitrogens is 2. The van der Waals surface area contributed by atoms with E-state index in [1.54, 1.807) is 14.2 Å². The molecule has 0 saturated carbocycles. The maximum Gasteiger partial charge on any atom is 0.433 e. The fourth-order valence-corrected chi connectivity index (χ4v) is 1.45. The second kappa shape index (κ2) is 9.03. The minimum Gasteiger partial charge on any atom is -0.383 e. The van der Waals surface area contributed by atoms with Crippen LogP contribution in [0.1, 0.15) is 5.69 Å². The molecule has 0 aliphatic rings. The fraction of sp³-hybridized carbons (Fsp3) is 0.583. The summed E-state index contributed by atoms with van der Waals surface area (Å²) < 4.78 is 42.4. The minimum absolute atomic E-state index is 0.0704. The third-order valence-corrected chi connectivity index (χ3v) is 2.47. The molecule has 1 rings (SSSR count). The minimum atomic E-state index is -4.48. The lowest BCUT2D eigenvalue weighted by Crippen LogP contribution is -2.40. The van der Waals surface area contributed by atoms with E-state index < -0.39 is 11.9 Å². The van der Waals surface area contributed by atoms with Crippen molar-refractivity contribution in [2.45, 2.75) is 6.18 Å². The van der Waals surface area contributed by atoms with Gasteiger partial charge in [0.15, 0.2) is 5.96 Å². The molecule has 0 fully saturated rings. The SMILES string of the molecule is CN=C(NCCNc1nccc(C(F)(F)F)n1)NCCOC. The molecule has 0 spiro atoms. The van der Waals surface area contributed by atoms with Crippen LogP contribution in [0.3, 0.4) is 0 Å². The summed E-state index contributed by atoms with van der Waals surface area (Å²) in [4.78, 5) is 11.1. The average molecular weight is 320 g/mol. The Hall–Kier alpha value is -2.10. The van der Waals surface area contributed by atoms with Gasteiger partial charge in [0.2, 0.25) is 5.95 Å². The first-order chi connectivity index (χ1) is 10.5. The summed E-state index contributed by atoms with van der Waals surface area (Å²) in [5.41, 5.74) is -0.977. The molecule has 1 aromatic heterocycles. The van der Waals surface area contributed by atoms with Gasteiger partial charge in [-0.15, -0.1) is 0 Å². The van der Waals surface area contributed by atoms with Gasteiger partial charge in [-0.2, -0.15) is 13.2 Å². The number of aliphatic imine (C=N–C) groups is 1. The fourth-order valence-electron chi connectivity index (χ4n) is 1.45. The highest BCUT2D eigenvalue weighted by Crippen LogP contribution is 2.27. The molecule has 0 radical (unpaired) electrons. The summed E-state index contributed by atoms with van der Waals surface area (Å²) in [6.07, 6.45) is -3.41. The maximum absolute atomic E-state index is 12.5. The summed E-state index contributed by atoms with van der Waals surface area (Å²) in [5.74, 6) is 0.503. The number of rotatable bonds is 7. The van der Waals surface area contributed by atoms with Gasteiger partial charge in [-0.25, -0.2) is 9.97 Å². The lowest BCUT2D eigenvalue weighted by atomic mass is 10.4. The van der Waals surface area contributed by atoms with E-state index in [1.165, 1.54) is 0 Å². The van der Waals surface area contributed by atoms with Crippen molar-refractivity contribution in [3.05, 3.63) is 18.0 Å². The van der Waals surface area contributed by atoms with E-state index >= 15 is 0 Å².